The number of rotatable bonds is 20. The zero-order chi connectivity index (χ0) is 17.7. The first kappa shape index (κ1) is 24.0. The molecule has 0 spiro atoms. The van der Waals surface area contributed by atoms with Gasteiger partial charge in [-0.1, -0.05) is 149 Å². The molecule has 0 aromatic heterocycles. The minimum atomic E-state index is 0.722. The highest BCUT2D eigenvalue weighted by Gasteiger charge is 2.02. The van der Waals surface area contributed by atoms with Crippen molar-refractivity contribution in [1.82, 2.24) is 0 Å². The number of unbranched alkanes of at least 4 members (excludes halogenated alkanes) is 16. The van der Waals surface area contributed by atoms with Crippen molar-refractivity contribution < 1.29 is 0 Å². The molecule has 1 radical (unpaired) electrons. The molecule has 1 unspecified atom stereocenters. The van der Waals surface area contributed by atoms with Gasteiger partial charge in [-0.15, -0.1) is 0 Å². The highest BCUT2D eigenvalue weighted by molar-refractivity contribution is 4.62. The Morgan fingerprint density at radius 3 is 0.958 bits per heavy atom. The third-order valence-electron chi connectivity index (χ3n) is 5.43. The summed E-state index contributed by atoms with van der Waals surface area (Å²) in [4.78, 5) is 0. The summed E-state index contributed by atoms with van der Waals surface area (Å²) < 4.78 is 0. The van der Waals surface area contributed by atoms with E-state index in [0.29, 0.717) is 0 Å². The van der Waals surface area contributed by atoms with E-state index >= 15 is 0 Å². The molecule has 0 saturated heterocycles. The van der Waals surface area contributed by atoms with Crippen LogP contribution in [-0.2, 0) is 0 Å². The molecule has 0 aliphatic carbocycles. The summed E-state index contributed by atoms with van der Waals surface area (Å²) in [5.41, 5.74) is 0. The van der Waals surface area contributed by atoms with Crippen LogP contribution in [0.3, 0.4) is 0 Å². The van der Waals surface area contributed by atoms with Crippen LogP contribution in [0.5, 0.6) is 0 Å². The lowest BCUT2D eigenvalue weighted by molar-refractivity contribution is 0.461. The highest BCUT2D eigenvalue weighted by Crippen LogP contribution is 2.18. The molecule has 0 N–H and O–H groups in total. The predicted octanol–water partition coefficient (Wildman–Crippen LogP) is 9.28. The van der Waals surface area contributed by atoms with Crippen molar-refractivity contribution >= 4 is 0 Å². The standard InChI is InChI=1S/C24H49/c1-4-6-8-10-12-13-14-15-16-17-19-21-23-24(3)22-20-18-11-9-7-5-2/h24H,3-23H2,1-2H3. The third-order valence-corrected chi connectivity index (χ3v) is 5.43. The molecule has 0 fully saturated rings. The second kappa shape index (κ2) is 21.0. The molecule has 0 rings (SSSR count). The van der Waals surface area contributed by atoms with E-state index in [0.717, 1.165) is 5.92 Å². The van der Waals surface area contributed by atoms with Crippen LogP contribution in [0.25, 0.3) is 0 Å². The molecule has 1 atom stereocenters. The summed E-state index contributed by atoms with van der Waals surface area (Å²) >= 11 is 0. The SMILES string of the molecule is [CH2]C(CCCCCCCC)CCCCCCCCCCCCCC. The Bertz CT molecular complexity index is 208. The van der Waals surface area contributed by atoms with Gasteiger partial charge in [0.05, 0.1) is 0 Å². The normalized spacial score (nSPS) is 12.6. The molecule has 0 heterocycles. The van der Waals surface area contributed by atoms with Crippen LogP contribution in [0.2, 0.25) is 0 Å². The van der Waals surface area contributed by atoms with Crippen molar-refractivity contribution in [3.63, 3.8) is 0 Å². The van der Waals surface area contributed by atoms with Gasteiger partial charge in [0.2, 0.25) is 0 Å². The minimum Gasteiger partial charge on any atom is -0.0654 e. The Balaban J connectivity index is 3.10. The van der Waals surface area contributed by atoms with Gasteiger partial charge in [-0.3, -0.25) is 0 Å². The molecular formula is C24H49. The Labute approximate surface area is 155 Å². The first-order chi connectivity index (χ1) is 11.8. The Kier molecular flexibility index (Phi) is 21.0. The molecule has 0 aliphatic rings. The Hall–Kier alpha value is 0. The smallest absolute Gasteiger partial charge is 0.0414 e. The fourth-order valence-electron chi connectivity index (χ4n) is 3.63. The van der Waals surface area contributed by atoms with Crippen LogP contribution >= 0.6 is 0 Å². The van der Waals surface area contributed by atoms with E-state index in [2.05, 4.69) is 20.8 Å². The van der Waals surface area contributed by atoms with E-state index in [9.17, 15) is 0 Å². The average molecular weight is 338 g/mol. The molecule has 24 heavy (non-hydrogen) atoms. The van der Waals surface area contributed by atoms with E-state index in [1.165, 1.54) is 128 Å². The van der Waals surface area contributed by atoms with Gasteiger partial charge >= 0.3 is 0 Å². The molecule has 145 valence electrons. The van der Waals surface area contributed by atoms with Gasteiger partial charge in [0.15, 0.2) is 0 Å². The second-order valence-corrected chi connectivity index (χ2v) is 8.10. The molecule has 0 bridgehead atoms. The van der Waals surface area contributed by atoms with Gasteiger partial charge in [-0.25, -0.2) is 0 Å². The lowest BCUT2D eigenvalue weighted by Gasteiger charge is -2.11. The fraction of sp³-hybridized carbons (Fsp3) is 0.958. The van der Waals surface area contributed by atoms with Crippen LogP contribution in [0.1, 0.15) is 142 Å². The molecule has 0 nitrogen and oxygen atoms in total. The highest BCUT2D eigenvalue weighted by atomic mass is 14.1. The van der Waals surface area contributed by atoms with Crippen molar-refractivity contribution in [2.75, 3.05) is 0 Å². The van der Waals surface area contributed by atoms with Crippen molar-refractivity contribution in [3.05, 3.63) is 6.92 Å². The van der Waals surface area contributed by atoms with Crippen LogP contribution in [0.4, 0.5) is 0 Å². The monoisotopic (exact) mass is 337 g/mol. The fourth-order valence-corrected chi connectivity index (χ4v) is 3.63. The van der Waals surface area contributed by atoms with Crippen LogP contribution in [-0.4, -0.2) is 0 Å². The zero-order valence-corrected chi connectivity index (χ0v) is 17.4. The van der Waals surface area contributed by atoms with Gasteiger partial charge in [-0.2, -0.15) is 0 Å². The molecule has 0 aromatic carbocycles. The number of hydrogen-bond donors (Lipinski definition) is 0. The van der Waals surface area contributed by atoms with Crippen molar-refractivity contribution in [3.8, 4) is 0 Å². The second-order valence-electron chi connectivity index (χ2n) is 8.10. The van der Waals surface area contributed by atoms with Gasteiger partial charge < -0.3 is 0 Å². The van der Waals surface area contributed by atoms with E-state index in [1.54, 1.807) is 0 Å². The zero-order valence-electron chi connectivity index (χ0n) is 17.4. The predicted molar refractivity (Wildman–Crippen MR) is 113 cm³/mol. The summed E-state index contributed by atoms with van der Waals surface area (Å²) in [6.07, 6.45) is 28.7. The van der Waals surface area contributed by atoms with Crippen molar-refractivity contribution in [1.29, 1.82) is 0 Å². The summed E-state index contributed by atoms with van der Waals surface area (Å²) in [6, 6.07) is 0. The summed E-state index contributed by atoms with van der Waals surface area (Å²) in [5.74, 6) is 0.722. The molecule has 0 aromatic rings. The topological polar surface area (TPSA) is 0 Å². The summed E-state index contributed by atoms with van der Waals surface area (Å²) in [5, 5.41) is 0. The van der Waals surface area contributed by atoms with E-state index in [1.807, 2.05) is 0 Å². The molecular weight excluding hydrogens is 288 g/mol. The molecule has 0 saturated carbocycles. The quantitative estimate of drug-likeness (QED) is 0.194. The Morgan fingerprint density at radius 2 is 0.667 bits per heavy atom. The maximum atomic E-state index is 4.36. The van der Waals surface area contributed by atoms with Crippen LogP contribution in [0, 0.1) is 12.8 Å². The number of hydrogen-bond acceptors (Lipinski definition) is 0. The van der Waals surface area contributed by atoms with E-state index < -0.39 is 0 Å². The lowest BCUT2D eigenvalue weighted by Crippen LogP contribution is -1.95. The summed E-state index contributed by atoms with van der Waals surface area (Å²) in [7, 11) is 0. The largest absolute Gasteiger partial charge is 0.0654 e. The Morgan fingerprint density at radius 1 is 0.417 bits per heavy atom. The molecule has 0 amide bonds. The van der Waals surface area contributed by atoms with Gasteiger partial charge in [0.1, 0.15) is 0 Å². The van der Waals surface area contributed by atoms with E-state index in [4.69, 9.17) is 0 Å². The first-order valence-electron chi connectivity index (χ1n) is 11.6. The lowest BCUT2D eigenvalue weighted by atomic mass is 9.96. The molecule has 0 aliphatic heterocycles. The average Bonchev–Trinajstić information content (AvgIpc) is 2.59. The van der Waals surface area contributed by atoms with Crippen LogP contribution < -0.4 is 0 Å². The third kappa shape index (κ3) is 20.0. The van der Waals surface area contributed by atoms with Gasteiger partial charge in [0.25, 0.3) is 0 Å². The minimum absolute atomic E-state index is 0.722. The maximum absolute atomic E-state index is 4.36. The van der Waals surface area contributed by atoms with Crippen LogP contribution in [0.15, 0.2) is 0 Å². The van der Waals surface area contributed by atoms with Gasteiger partial charge in [0, 0.05) is 0 Å². The van der Waals surface area contributed by atoms with Crippen molar-refractivity contribution in [2.24, 2.45) is 5.92 Å². The first-order valence-corrected chi connectivity index (χ1v) is 11.6. The van der Waals surface area contributed by atoms with Gasteiger partial charge in [-0.05, 0) is 5.92 Å². The van der Waals surface area contributed by atoms with Crippen molar-refractivity contribution in [2.45, 2.75) is 142 Å². The maximum Gasteiger partial charge on any atom is -0.0414 e. The molecule has 0 heteroatoms. The van der Waals surface area contributed by atoms with E-state index in [-0.39, 0.29) is 0 Å². The summed E-state index contributed by atoms with van der Waals surface area (Å²) in [6.45, 7) is 8.95.